The van der Waals surface area contributed by atoms with E-state index in [2.05, 4.69) is 206 Å². The first-order chi connectivity index (χ1) is 24.6. The van der Waals surface area contributed by atoms with E-state index in [1.54, 1.807) is 0 Å². The Morgan fingerprint density at radius 3 is 0.920 bits per heavy atom. The van der Waals surface area contributed by atoms with Crippen LogP contribution in [-0.4, -0.2) is 0 Å². The van der Waals surface area contributed by atoms with Crippen LogP contribution in [0.1, 0.15) is 11.1 Å². The monoisotopic (exact) mass is 640 g/mol. The van der Waals surface area contributed by atoms with Gasteiger partial charge in [-0.25, -0.2) is 0 Å². The van der Waals surface area contributed by atoms with Gasteiger partial charge >= 0.3 is 0 Å². The summed E-state index contributed by atoms with van der Waals surface area (Å²) in [6.45, 7) is 4.29. The first-order valence-corrected chi connectivity index (χ1v) is 17.3. The molecule has 0 atom stereocenters. The molecule has 9 rings (SSSR count). The smallest absolute Gasteiger partial charge is 0.0546 e. The maximum absolute atomic E-state index is 2.40. The molecule has 0 saturated heterocycles. The zero-order valence-corrected chi connectivity index (χ0v) is 28.2. The number of hydrogen-bond acceptors (Lipinski definition) is 2. The summed E-state index contributed by atoms with van der Waals surface area (Å²) in [6.07, 6.45) is 0. The highest BCUT2D eigenvalue weighted by atomic mass is 15.2. The molecule has 9 aromatic carbocycles. The van der Waals surface area contributed by atoms with Crippen molar-refractivity contribution in [1.82, 2.24) is 0 Å². The van der Waals surface area contributed by atoms with Crippen LogP contribution in [0.3, 0.4) is 0 Å². The minimum atomic E-state index is 1.10. The number of hydrogen-bond donors (Lipinski definition) is 0. The number of fused-ring (bicyclic) bond motifs is 6. The molecule has 0 fully saturated rings. The summed E-state index contributed by atoms with van der Waals surface area (Å²) in [6, 6.07) is 66.4. The molecule has 0 aliphatic carbocycles. The van der Waals surface area contributed by atoms with E-state index in [0.29, 0.717) is 0 Å². The highest BCUT2D eigenvalue weighted by molar-refractivity contribution is 6.16. The Hall–Kier alpha value is -6.38. The van der Waals surface area contributed by atoms with Crippen LogP contribution in [0.15, 0.2) is 182 Å². The molecule has 0 radical (unpaired) electrons. The van der Waals surface area contributed by atoms with Gasteiger partial charge in [0.2, 0.25) is 0 Å². The Bertz CT molecular complexity index is 2470. The molecule has 0 aromatic heterocycles. The van der Waals surface area contributed by atoms with Crippen molar-refractivity contribution in [1.29, 1.82) is 0 Å². The Labute approximate surface area is 293 Å². The Morgan fingerprint density at radius 2 is 0.560 bits per heavy atom. The molecule has 0 spiro atoms. The molecular formula is C48H36N2. The topological polar surface area (TPSA) is 6.48 Å². The Kier molecular flexibility index (Phi) is 7.29. The number of anilines is 6. The van der Waals surface area contributed by atoms with Gasteiger partial charge in [-0.05, 0) is 107 Å². The molecule has 0 heterocycles. The van der Waals surface area contributed by atoms with Crippen LogP contribution in [0, 0.1) is 13.8 Å². The van der Waals surface area contributed by atoms with Gasteiger partial charge in [-0.1, -0.05) is 132 Å². The van der Waals surface area contributed by atoms with Gasteiger partial charge in [-0.15, -0.1) is 0 Å². The lowest BCUT2D eigenvalue weighted by Gasteiger charge is -2.30. The second-order valence-corrected chi connectivity index (χ2v) is 13.2. The van der Waals surface area contributed by atoms with Crippen LogP contribution in [0.4, 0.5) is 34.1 Å². The van der Waals surface area contributed by atoms with E-state index >= 15 is 0 Å². The zero-order chi connectivity index (χ0) is 33.6. The van der Waals surface area contributed by atoms with Gasteiger partial charge in [0.05, 0.1) is 11.4 Å². The largest absolute Gasteiger partial charge is 0.310 e. The molecule has 0 aliphatic heterocycles. The highest BCUT2D eigenvalue weighted by Gasteiger charge is 2.20. The molecule has 0 bridgehead atoms. The van der Waals surface area contributed by atoms with E-state index < -0.39 is 0 Å². The van der Waals surface area contributed by atoms with Crippen LogP contribution in [0.25, 0.3) is 43.1 Å². The van der Waals surface area contributed by atoms with Gasteiger partial charge in [-0.2, -0.15) is 0 Å². The van der Waals surface area contributed by atoms with Gasteiger partial charge in [0.25, 0.3) is 0 Å². The van der Waals surface area contributed by atoms with Crippen molar-refractivity contribution in [3.8, 4) is 0 Å². The lowest BCUT2D eigenvalue weighted by Crippen LogP contribution is -2.13. The van der Waals surface area contributed by atoms with E-state index in [0.717, 1.165) is 34.1 Å². The third-order valence-corrected chi connectivity index (χ3v) is 9.92. The standard InChI is InChI=1S/C48H36N2/c1-33-19-23-37(24-20-33)49(47-31-35-11-3-5-13-41(35)43-15-7-9-17-45(43)47)39-27-29-40(30-28-39)50(38-25-21-34(2)22-26-38)48-32-36-12-4-6-14-42(36)44-16-8-10-18-46(44)48/h3-32H,1-2H3. The van der Waals surface area contributed by atoms with Crippen molar-refractivity contribution < 1.29 is 0 Å². The average molecular weight is 641 g/mol. The van der Waals surface area contributed by atoms with Crippen LogP contribution < -0.4 is 9.80 Å². The van der Waals surface area contributed by atoms with Crippen LogP contribution in [0.5, 0.6) is 0 Å². The minimum Gasteiger partial charge on any atom is -0.310 e. The van der Waals surface area contributed by atoms with E-state index in [1.807, 2.05) is 0 Å². The van der Waals surface area contributed by atoms with Gasteiger partial charge < -0.3 is 9.80 Å². The highest BCUT2D eigenvalue weighted by Crippen LogP contribution is 2.45. The lowest BCUT2D eigenvalue weighted by molar-refractivity contribution is 1.26. The van der Waals surface area contributed by atoms with Crippen molar-refractivity contribution in [3.05, 3.63) is 193 Å². The molecule has 50 heavy (non-hydrogen) atoms. The summed E-state index contributed by atoms with van der Waals surface area (Å²) < 4.78 is 0. The van der Waals surface area contributed by atoms with Crippen molar-refractivity contribution in [2.24, 2.45) is 0 Å². The van der Waals surface area contributed by atoms with Gasteiger partial charge in [0.15, 0.2) is 0 Å². The number of aryl methyl sites for hydroxylation is 2. The normalized spacial score (nSPS) is 11.4. The van der Waals surface area contributed by atoms with E-state index in [-0.39, 0.29) is 0 Å². The first-order valence-electron chi connectivity index (χ1n) is 17.3. The summed E-state index contributed by atoms with van der Waals surface area (Å²) in [7, 11) is 0. The van der Waals surface area contributed by atoms with Gasteiger partial charge in [-0.3, -0.25) is 0 Å². The fourth-order valence-corrected chi connectivity index (χ4v) is 7.43. The fraction of sp³-hybridized carbons (Fsp3) is 0.0417. The second-order valence-electron chi connectivity index (χ2n) is 13.2. The number of nitrogens with zero attached hydrogens (tertiary/aromatic N) is 2. The molecule has 238 valence electrons. The third kappa shape index (κ3) is 5.14. The maximum Gasteiger partial charge on any atom is 0.0546 e. The SMILES string of the molecule is Cc1ccc(N(c2ccc(N(c3ccc(C)cc3)c3cc4ccccc4c4ccccc34)cc2)c2cc3ccccc3c3ccccc23)cc1. The zero-order valence-electron chi connectivity index (χ0n) is 28.2. The summed E-state index contributed by atoms with van der Waals surface area (Å²) in [5.74, 6) is 0. The molecule has 2 heteroatoms. The molecule has 0 amide bonds. The second kappa shape index (κ2) is 12.3. The van der Waals surface area contributed by atoms with Crippen LogP contribution in [0.2, 0.25) is 0 Å². The summed E-state index contributed by atoms with van der Waals surface area (Å²) >= 11 is 0. The van der Waals surface area contributed by atoms with E-state index in [1.165, 1.54) is 54.2 Å². The van der Waals surface area contributed by atoms with Gasteiger partial charge in [0.1, 0.15) is 0 Å². The van der Waals surface area contributed by atoms with Crippen molar-refractivity contribution >= 4 is 77.2 Å². The molecular weight excluding hydrogens is 605 g/mol. The lowest BCUT2D eigenvalue weighted by atomic mass is 9.98. The van der Waals surface area contributed by atoms with Crippen molar-refractivity contribution in [2.75, 3.05) is 9.80 Å². The number of benzene rings is 9. The average Bonchev–Trinajstić information content (AvgIpc) is 3.17. The molecule has 0 N–H and O–H groups in total. The molecule has 0 saturated carbocycles. The number of rotatable bonds is 6. The Balaban J connectivity index is 1.25. The van der Waals surface area contributed by atoms with Crippen LogP contribution >= 0.6 is 0 Å². The maximum atomic E-state index is 2.40. The summed E-state index contributed by atoms with van der Waals surface area (Å²) in [5, 5.41) is 9.93. The molecule has 0 aliphatic rings. The third-order valence-electron chi connectivity index (χ3n) is 9.92. The van der Waals surface area contributed by atoms with E-state index in [9.17, 15) is 0 Å². The first kappa shape index (κ1) is 29.7. The minimum absolute atomic E-state index is 1.10. The molecule has 0 unspecified atom stereocenters. The molecule has 2 nitrogen and oxygen atoms in total. The predicted octanol–water partition coefficient (Wildman–Crippen LogP) is 13.9. The summed E-state index contributed by atoms with van der Waals surface area (Å²) in [4.78, 5) is 4.80. The van der Waals surface area contributed by atoms with Crippen molar-refractivity contribution in [3.63, 3.8) is 0 Å². The molecule has 9 aromatic rings. The van der Waals surface area contributed by atoms with E-state index in [4.69, 9.17) is 0 Å². The quantitative estimate of drug-likeness (QED) is 0.167. The van der Waals surface area contributed by atoms with Gasteiger partial charge in [0, 0.05) is 33.5 Å². The Morgan fingerprint density at radius 1 is 0.280 bits per heavy atom. The van der Waals surface area contributed by atoms with Crippen molar-refractivity contribution in [2.45, 2.75) is 13.8 Å². The summed E-state index contributed by atoms with van der Waals surface area (Å²) in [5.41, 5.74) is 9.25. The predicted molar refractivity (Wildman–Crippen MR) is 215 cm³/mol. The fourth-order valence-electron chi connectivity index (χ4n) is 7.43. The van der Waals surface area contributed by atoms with Crippen LogP contribution in [-0.2, 0) is 0 Å².